The fourth-order valence-corrected chi connectivity index (χ4v) is 7.42. The summed E-state index contributed by atoms with van der Waals surface area (Å²) in [5.41, 5.74) is 7.59. The molecule has 12 heteroatoms. The monoisotopic (exact) mass is 693 g/mol. The maximum atomic E-state index is 13.8. The molecule has 6 N–H and O–H groups in total. The Morgan fingerprint density at radius 3 is 2.18 bits per heavy atom. The minimum Gasteiger partial charge on any atom is -0.389 e. The van der Waals surface area contributed by atoms with Crippen molar-refractivity contribution in [2.24, 2.45) is 11.8 Å². The van der Waals surface area contributed by atoms with Gasteiger partial charge < -0.3 is 26.3 Å². The van der Waals surface area contributed by atoms with Crippen molar-refractivity contribution in [3.05, 3.63) is 66.2 Å². The molecule has 3 rings (SSSR count). The van der Waals surface area contributed by atoms with E-state index in [2.05, 4.69) is 33.3 Å². The molecule has 0 bridgehead atoms. The van der Waals surface area contributed by atoms with Gasteiger partial charge in [-0.3, -0.25) is 9.59 Å². The summed E-state index contributed by atoms with van der Waals surface area (Å²) in [6, 6.07) is 16.4. The van der Waals surface area contributed by atoms with Gasteiger partial charge in [0.25, 0.3) is 0 Å². The first kappa shape index (κ1) is 39.5. The second-order valence-electron chi connectivity index (χ2n) is 12.7. The summed E-state index contributed by atoms with van der Waals surface area (Å²) in [6.45, 7) is 0.439. The van der Waals surface area contributed by atoms with Gasteiger partial charge in [0.1, 0.15) is 12.1 Å². The standard InChI is InChI=1S/C37H51N5O6S/c1-4-15-32(37(46)40-33(35(44)34(43)16-5-2)26-29-19-11-7-12-20-29)39-36(45)30(25-28-17-9-6-10-18-28)27-49(47,48)42(3)24-23-38-41-31-21-13-8-14-22-31/h1-2,6,8-10,13-14,17-18,21-22,29-30,32-35,38,41,43-44H,7,11-12,15-16,19-20,23-27H2,3H3,(H,39,45)(H,40,46)/t30-,32+,33+,34+,35-/m1/s1. The van der Waals surface area contributed by atoms with Crippen LogP contribution in [0.3, 0.4) is 0 Å². The van der Waals surface area contributed by atoms with Gasteiger partial charge in [0.15, 0.2) is 0 Å². The minimum absolute atomic E-state index is 0.0909. The molecular formula is C37H51N5O6S. The van der Waals surface area contributed by atoms with E-state index in [0.717, 1.165) is 43.4 Å². The molecule has 0 spiro atoms. The van der Waals surface area contributed by atoms with Crippen LogP contribution < -0.4 is 21.5 Å². The van der Waals surface area contributed by atoms with Gasteiger partial charge >= 0.3 is 0 Å². The number of benzene rings is 2. The third-order valence-corrected chi connectivity index (χ3v) is 10.8. The number of hydrazine groups is 1. The molecule has 0 aromatic heterocycles. The van der Waals surface area contributed by atoms with Gasteiger partial charge in [0.2, 0.25) is 21.8 Å². The number of anilines is 1. The molecule has 2 aromatic carbocycles. The Bertz CT molecular complexity index is 1490. The Hall–Kier alpha value is -3.91. The van der Waals surface area contributed by atoms with Crippen LogP contribution in [0.25, 0.3) is 0 Å². The number of hydrogen-bond acceptors (Lipinski definition) is 8. The number of rotatable bonds is 20. The smallest absolute Gasteiger partial charge is 0.243 e. The Morgan fingerprint density at radius 1 is 0.918 bits per heavy atom. The largest absolute Gasteiger partial charge is 0.389 e. The van der Waals surface area contributed by atoms with Gasteiger partial charge in [-0.05, 0) is 36.5 Å². The number of nitrogens with zero attached hydrogens (tertiary/aromatic N) is 1. The highest BCUT2D eigenvalue weighted by Crippen LogP contribution is 2.28. The van der Waals surface area contributed by atoms with Crippen LogP contribution in [0.2, 0.25) is 0 Å². The van der Waals surface area contributed by atoms with Crippen molar-refractivity contribution >= 4 is 27.5 Å². The van der Waals surface area contributed by atoms with Crippen LogP contribution in [-0.4, -0.2) is 84.9 Å². The highest BCUT2D eigenvalue weighted by molar-refractivity contribution is 7.89. The zero-order valence-electron chi connectivity index (χ0n) is 28.3. The molecule has 2 amide bonds. The van der Waals surface area contributed by atoms with Crippen LogP contribution in [0.5, 0.6) is 0 Å². The molecule has 1 aliphatic rings. The highest BCUT2D eigenvalue weighted by Gasteiger charge is 2.34. The van der Waals surface area contributed by atoms with Crippen LogP contribution in [-0.2, 0) is 26.0 Å². The maximum absolute atomic E-state index is 13.8. The van der Waals surface area contributed by atoms with Crippen LogP contribution >= 0.6 is 0 Å². The van der Waals surface area contributed by atoms with Crippen molar-refractivity contribution in [3.63, 3.8) is 0 Å². The van der Waals surface area contributed by atoms with Crippen molar-refractivity contribution in [1.82, 2.24) is 20.4 Å². The summed E-state index contributed by atoms with van der Waals surface area (Å²) in [4.78, 5) is 27.4. The number of nitrogens with one attached hydrogen (secondary N) is 4. The lowest BCUT2D eigenvalue weighted by Crippen LogP contribution is -2.56. The van der Waals surface area contributed by atoms with Gasteiger partial charge in [0.05, 0.1) is 23.8 Å². The fourth-order valence-electron chi connectivity index (χ4n) is 6.02. The van der Waals surface area contributed by atoms with Gasteiger partial charge in [0, 0.05) is 38.7 Å². The summed E-state index contributed by atoms with van der Waals surface area (Å²) >= 11 is 0. The molecule has 1 saturated carbocycles. The van der Waals surface area contributed by atoms with Crippen LogP contribution in [0.1, 0.15) is 56.9 Å². The number of amides is 2. The number of aliphatic hydroxyl groups is 2. The van der Waals surface area contributed by atoms with Crippen molar-refractivity contribution in [3.8, 4) is 24.7 Å². The lowest BCUT2D eigenvalue weighted by atomic mass is 9.82. The van der Waals surface area contributed by atoms with E-state index in [1.165, 1.54) is 11.4 Å². The van der Waals surface area contributed by atoms with E-state index in [-0.39, 0.29) is 31.7 Å². The van der Waals surface area contributed by atoms with Crippen molar-refractivity contribution in [2.45, 2.75) is 82.1 Å². The Morgan fingerprint density at radius 2 is 1.55 bits per heavy atom. The SMILES string of the molecule is C#CC[C@H](NC(=O)[C@H](Cc1ccccc1)CS(=O)(=O)N(C)CCNNc1ccccc1)C(=O)N[C@@H](CC1CCCCC1)[C@@H](O)[C@@H](O)CC#C. The summed E-state index contributed by atoms with van der Waals surface area (Å²) in [7, 11) is -2.46. The highest BCUT2D eigenvalue weighted by atomic mass is 32.2. The zero-order valence-corrected chi connectivity index (χ0v) is 29.1. The first-order chi connectivity index (χ1) is 23.5. The van der Waals surface area contributed by atoms with E-state index >= 15 is 0 Å². The second-order valence-corrected chi connectivity index (χ2v) is 14.8. The zero-order chi connectivity index (χ0) is 35.6. The molecule has 11 nitrogen and oxygen atoms in total. The predicted octanol–water partition coefficient (Wildman–Crippen LogP) is 2.43. The normalized spacial score (nSPS) is 16.7. The topological polar surface area (TPSA) is 160 Å². The van der Waals surface area contributed by atoms with Crippen LogP contribution in [0.4, 0.5) is 5.69 Å². The molecule has 0 heterocycles. The quantitative estimate of drug-likeness (QED) is 0.0701. The number of likely N-dealkylation sites (N-methyl/N-ethyl adjacent to an activating group) is 1. The number of aliphatic hydroxyl groups excluding tert-OH is 2. The number of hydrogen-bond donors (Lipinski definition) is 6. The van der Waals surface area contributed by atoms with Crippen LogP contribution in [0.15, 0.2) is 60.7 Å². The fraction of sp³-hybridized carbons (Fsp3) is 0.514. The van der Waals surface area contributed by atoms with Gasteiger partial charge in [-0.15, -0.1) is 24.7 Å². The molecule has 49 heavy (non-hydrogen) atoms. The third-order valence-electron chi connectivity index (χ3n) is 8.87. The number of carbonyl (C=O) groups excluding carboxylic acids is 2. The molecule has 0 unspecified atom stereocenters. The first-order valence-corrected chi connectivity index (χ1v) is 18.5. The molecular weight excluding hydrogens is 643 g/mol. The molecule has 1 fully saturated rings. The van der Waals surface area contributed by atoms with E-state index in [0.29, 0.717) is 13.0 Å². The number of sulfonamides is 1. The van der Waals surface area contributed by atoms with Crippen molar-refractivity contribution in [1.29, 1.82) is 0 Å². The summed E-state index contributed by atoms with van der Waals surface area (Å²) in [5, 5.41) is 27.0. The van der Waals surface area contributed by atoms with Gasteiger partial charge in [-0.25, -0.2) is 18.1 Å². The molecule has 5 atom stereocenters. The molecule has 2 aromatic rings. The Kier molecular flexibility index (Phi) is 16.6. The van der Waals surface area contributed by atoms with E-state index in [4.69, 9.17) is 12.8 Å². The van der Waals surface area contributed by atoms with E-state index in [1.807, 2.05) is 36.4 Å². The van der Waals surface area contributed by atoms with Gasteiger partial charge in [-0.1, -0.05) is 80.6 Å². The summed E-state index contributed by atoms with van der Waals surface area (Å²) in [5.74, 6) is 2.20. The second kappa shape index (κ2) is 20.6. The minimum atomic E-state index is -3.91. The van der Waals surface area contributed by atoms with E-state index < -0.39 is 57.8 Å². The number of terminal acetylenes is 2. The number of carbonyl (C=O) groups is 2. The average molecular weight is 694 g/mol. The lowest BCUT2D eigenvalue weighted by molar-refractivity contribution is -0.132. The molecule has 0 saturated heterocycles. The van der Waals surface area contributed by atoms with Gasteiger partial charge in [-0.2, -0.15) is 0 Å². The Balaban J connectivity index is 1.72. The lowest BCUT2D eigenvalue weighted by Gasteiger charge is -2.33. The number of para-hydroxylation sites is 1. The third kappa shape index (κ3) is 13.5. The molecule has 0 aliphatic heterocycles. The molecule has 266 valence electrons. The molecule has 0 radical (unpaired) electrons. The predicted molar refractivity (Wildman–Crippen MR) is 192 cm³/mol. The van der Waals surface area contributed by atoms with Crippen molar-refractivity contribution in [2.75, 3.05) is 31.3 Å². The summed E-state index contributed by atoms with van der Waals surface area (Å²) < 4.78 is 28.2. The van der Waals surface area contributed by atoms with Crippen molar-refractivity contribution < 1.29 is 28.2 Å². The summed E-state index contributed by atoms with van der Waals surface area (Å²) in [6.07, 6.45) is 13.8. The average Bonchev–Trinajstić information content (AvgIpc) is 3.10. The first-order valence-electron chi connectivity index (χ1n) is 16.9. The molecule has 1 aliphatic carbocycles. The van der Waals surface area contributed by atoms with E-state index in [9.17, 15) is 28.2 Å². The van der Waals surface area contributed by atoms with Crippen LogP contribution in [0, 0.1) is 36.5 Å². The maximum Gasteiger partial charge on any atom is 0.243 e. The Labute approximate surface area is 291 Å². The van der Waals surface area contributed by atoms with E-state index in [1.54, 1.807) is 24.3 Å².